The lowest BCUT2D eigenvalue weighted by Crippen LogP contribution is -2.00. The molecule has 0 saturated carbocycles. The van der Waals surface area contributed by atoms with Gasteiger partial charge in [0, 0.05) is 22.7 Å². The average molecular weight is 328 g/mol. The Bertz CT molecular complexity index is 676. The highest BCUT2D eigenvalue weighted by atomic mass is 35.5. The zero-order valence-electron chi connectivity index (χ0n) is 10.8. The summed E-state index contributed by atoms with van der Waals surface area (Å²) in [4.78, 5) is 10.2. The Morgan fingerprint density at radius 3 is 2.67 bits per heavy atom. The molecule has 5 nitrogen and oxygen atoms in total. The van der Waals surface area contributed by atoms with Gasteiger partial charge in [0.1, 0.15) is 12.4 Å². The number of nitro benzene ring substituents is 1. The van der Waals surface area contributed by atoms with Gasteiger partial charge in [0.2, 0.25) is 0 Å². The third kappa shape index (κ3) is 3.85. The molecular weight excluding hydrogens is 317 g/mol. The molecule has 7 heteroatoms. The van der Waals surface area contributed by atoms with Crippen LogP contribution in [0.25, 0.3) is 0 Å². The molecular formula is C14H11Cl2NO4. The van der Waals surface area contributed by atoms with Gasteiger partial charge in [-0.1, -0.05) is 35.3 Å². The van der Waals surface area contributed by atoms with Gasteiger partial charge in [0.25, 0.3) is 5.69 Å². The molecule has 110 valence electrons. The fraction of sp³-hybridized carbons (Fsp3) is 0.143. The summed E-state index contributed by atoms with van der Waals surface area (Å²) < 4.78 is 5.56. The first-order valence-corrected chi connectivity index (χ1v) is 6.71. The molecule has 0 amide bonds. The Kier molecular flexibility index (Phi) is 5.01. The third-order valence-electron chi connectivity index (χ3n) is 2.76. The van der Waals surface area contributed by atoms with Crippen molar-refractivity contribution in [3.8, 4) is 5.75 Å². The highest BCUT2D eigenvalue weighted by molar-refractivity contribution is 6.35. The molecule has 0 aromatic heterocycles. The van der Waals surface area contributed by atoms with Crippen molar-refractivity contribution in [2.45, 2.75) is 13.2 Å². The summed E-state index contributed by atoms with van der Waals surface area (Å²) in [5, 5.41) is 20.7. The van der Waals surface area contributed by atoms with Crippen LogP contribution >= 0.6 is 23.2 Å². The van der Waals surface area contributed by atoms with Crippen LogP contribution in [0.4, 0.5) is 5.69 Å². The first kappa shape index (κ1) is 15.6. The number of aliphatic hydroxyl groups is 1. The molecule has 0 heterocycles. The third-order valence-corrected chi connectivity index (χ3v) is 3.26. The zero-order chi connectivity index (χ0) is 15.4. The fourth-order valence-electron chi connectivity index (χ4n) is 1.81. The van der Waals surface area contributed by atoms with E-state index in [-0.39, 0.29) is 23.9 Å². The quantitative estimate of drug-likeness (QED) is 0.666. The van der Waals surface area contributed by atoms with Crippen LogP contribution in [-0.4, -0.2) is 10.0 Å². The van der Waals surface area contributed by atoms with Crippen LogP contribution in [0, 0.1) is 10.1 Å². The minimum Gasteiger partial charge on any atom is -0.487 e. The summed E-state index contributed by atoms with van der Waals surface area (Å²) in [6.07, 6.45) is 0. The lowest BCUT2D eigenvalue weighted by Gasteiger charge is -2.12. The molecule has 0 unspecified atom stereocenters. The van der Waals surface area contributed by atoms with Crippen LogP contribution in [0.2, 0.25) is 10.0 Å². The van der Waals surface area contributed by atoms with Crippen LogP contribution < -0.4 is 4.74 Å². The Labute approximate surface area is 130 Å². The predicted octanol–water partition coefficient (Wildman–Crippen LogP) is 3.97. The van der Waals surface area contributed by atoms with Gasteiger partial charge in [0.15, 0.2) is 0 Å². The van der Waals surface area contributed by atoms with Gasteiger partial charge in [-0.05, 0) is 17.7 Å². The highest BCUT2D eigenvalue weighted by Crippen LogP contribution is 2.33. The van der Waals surface area contributed by atoms with E-state index in [0.717, 1.165) is 0 Å². The highest BCUT2D eigenvalue weighted by Gasteiger charge is 2.11. The monoisotopic (exact) mass is 327 g/mol. The van der Waals surface area contributed by atoms with Gasteiger partial charge in [-0.15, -0.1) is 0 Å². The van der Waals surface area contributed by atoms with Gasteiger partial charge in [-0.3, -0.25) is 10.1 Å². The van der Waals surface area contributed by atoms with Crippen molar-refractivity contribution in [1.82, 2.24) is 0 Å². The number of nitro groups is 1. The van der Waals surface area contributed by atoms with Crippen LogP contribution in [0.15, 0.2) is 36.4 Å². The molecule has 0 aliphatic rings. The van der Waals surface area contributed by atoms with Crippen LogP contribution in [-0.2, 0) is 13.2 Å². The van der Waals surface area contributed by atoms with E-state index < -0.39 is 4.92 Å². The number of benzene rings is 2. The Morgan fingerprint density at radius 1 is 1.24 bits per heavy atom. The zero-order valence-corrected chi connectivity index (χ0v) is 12.3. The average Bonchev–Trinajstić information content (AvgIpc) is 2.45. The second-order valence-electron chi connectivity index (χ2n) is 4.25. The number of aliphatic hydroxyl groups excluding tert-OH is 1. The van der Waals surface area contributed by atoms with E-state index >= 15 is 0 Å². The van der Waals surface area contributed by atoms with E-state index in [9.17, 15) is 15.2 Å². The van der Waals surface area contributed by atoms with E-state index in [1.807, 2.05) is 0 Å². The lowest BCUT2D eigenvalue weighted by atomic mass is 10.2. The number of hydrogen-bond donors (Lipinski definition) is 1. The Morgan fingerprint density at radius 2 is 2.00 bits per heavy atom. The molecule has 0 saturated heterocycles. The predicted molar refractivity (Wildman–Crippen MR) is 79.8 cm³/mol. The molecule has 21 heavy (non-hydrogen) atoms. The van der Waals surface area contributed by atoms with Crippen LogP contribution in [0.5, 0.6) is 5.75 Å². The first-order valence-electron chi connectivity index (χ1n) is 5.96. The van der Waals surface area contributed by atoms with Crippen molar-refractivity contribution >= 4 is 28.9 Å². The molecule has 2 aromatic rings. The van der Waals surface area contributed by atoms with Gasteiger partial charge < -0.3 is 9.84 Å². The smallest absolute Gasteiger partial charge is 0.269 e. The first-order chi connectivity index (χ1) is 10.0. The van der Waals surface area contributed by atoms with E-state index in [1.54, 1.807) is 18.2 Å². The summed E-state index contributed by atoms with van der Waals surface area (Å²) in [7, 11) is 0. The van der Waals surface area contributed by atoms with Crippen molar-refractivity contribution in [3.05, 3.63) is 67.7 Å². The maximum atomic E-state index is 10.7. The Hall–Kier alpha value is -1.82. The van der Waals surface area contributed by atoms with Crippen LogP contribution in [0.1, 0.15) is 11.1 Å². The van der Waals surface area contributed by atoms with E-state index in [0.29, 0.717) is 21.9 Å². The summed E-state index contributed by atoms with van der Waals surface area (Å²) in [5.41, 5.74) is 1.07. The van der Waals surface area contributed by atoms with E-state index in [2.05, 4.69) is 0 Å². The molecule has 0 atom stereocenters. The molecule has 2 rings (SSSR count). The number of hydrogen-bond acceptors (Lipinski definition) is 4. The lowest BCUT2D eigenvalue weighted by molar-refractivity contribution is -0.384. The molecule has 0 aliphatic carbocycles. The summed E-state index contributed by atoms with van der Waals surface area (Å²) in [6, 6.07) is 9.16. The number of non-ortho nitro benzene ring substituents is 1. The summed E-state index contributed by atoms with van der Waals surface area (Å²) in [5.74, 6) is 0.315. The normalized spacial score (nSPS) is 10.4. The van der Waals surface area contributed by atoms with Crippen molar-refractivity contribution < 1.29 is 14.8 Å². The standard InChI is InChI=1S/C14H11Cl2NO4/c15-11-5-10(7-18)14(13(16)6-11)21-8-9-2-1-3-12(4-9)17(19)20/h1-6,18H,7-8H2. The fourth-order valence-corrected chi connectivity index (χ4v) is 2.40. The SMILES string of the molecule is O=[N+]([O-])c1cccc(COc2c(Cl)cc(Cl)cc2CO)c1. The van der Waals surface area contributed by atoms with Crippen molar-refractivity contribution in [2.75, 3.05) is 0 Å². The molecule has 0 radical (unpaired) electrons. The maximum absolute atomic E-state index is 10.7. The summed E-state index contributed by atoms with van der Waals surface area (Å²) >= 11 is 11.9. The van der Waals surface area contributed by atoms with Crippen molar-refractivity contribution in [2.24, 2.45) is 0 Å². The minimum absolute atomic E-state index is 0.0133. The number of ether oxygens (including phenoxy) is 1. The van der Waals surface area contributed by atoms with Crippen LogP contribution in [0.3, 0.4) is 0 Å². The van der Waals surface area contributed by atoms with Gasteiger partial charge in [-0.25, -0.2) is 0 Å². The van der Waals surface area contributed by atoms with Crippen molar-refractivity contribution in [1.29, 1.82) is 0 Å². The number of nitrogens with zero attached hydrogens (tertiary/aromatic N) is 1. The topological polar surface area (TPSA) is 72.6 Å². The van der Waals surface area contributed by atoms with E-state index in [1.165, 1.54) is 18.2 Å². The second kappa shape index (κ2) is 6.76. The molecule has 0 spiro atoms. The largest absolute Gasteiger partial charge is 0.487 e. The molecule has 0 bridgehead atoms. The molecule has 1 N–H and O–H groups in total. The number of halogens is 2. The van der Waals surface area contributed by atoms with Gasteiger partial charge >= 0.3 is 0 Å². The minimum atomic E-state index is -0.474. The maximum Gasteiger partial charge on any atom is 0.269 e. The summed E-state index contributed by atoms with van der Waals surface area (Å²) in [6.45, 7) is -0.180. The van der Waals surface area contributed by atoms with Crippen molar-refractivity contribution in [3.63, 3.8) is 0 Å². The number of rotatable bonds is 5. The molecule has 0 fully saturated rings. The van der Waals surface area contributed by atoms with E-state index in [4.69, 9.17) is 27.9 Å². The van der Waals surface area contributed by atoms with Gasteiger partial charge in [-0.2, -0.15) is 0 Å². The molecule has 0 aliphatic heterocycles. The Balaban J connectivity index is 2.20. The molecule has 2 aromatic carbocycles. The van der Waals surface area contributed by atoms with Gasteiger partial charge in [0.05, 0.1) is 16.6 Å². The second-order valence-corrected chi connectivity index (χ2v) is 5.09.